The summed E-state index contributed by atoms with van der Waals surface area (Å²) in [5.41, 5.74) is 0.576. The molecule has 0 bridgehead atoms. The molecule has 5 heteroatoms. The quantitative estimate of drug-likeness (QED) is 0.886. The van der Waals surface area contributed by atoms with Gasteiger partial charge in [-0.25, -0.2) is 0 Å². The summed E-state index contributed by atoms with van der Waals surface area (Å²) < 4.78 is 0.869. The normalized spacial score (nSPS) is 15.9. The number of aliphatic hydroxyl groups excluding tert-OH is 1. The van der Waals surface area contributed by atoms with E-state index in [1.807, 2.05) is 0 Å². The number of hydrogen-bond donors (Lipinski definition) is 2. The van der Waals surface area contributed by atoms with E-state index in [1.165, 1.54) is 6.42 Å². The minimum atomic E-state index is -0.0237. The largest absolute Gasteiger partial charge is 0.395 e. The van der Waals surface area contributed by atoms with Crippen molar-refractivity contribution in [2.45, 2.75) is 25.3 Å². The standard InChI is InChI=1S/C11H15BrN2O2/c12-8-6-10(13-7-8)11(16)14(4-5-15)9-2-1-3-9/h6-7,9,13,15H,1-5H2. The van der Waals surface area contributed by atoms with Crippen LogP contribution in [0.1, 0.15) is 29.8 Å². The van der Waals surface area contributed by atoms with Crippen molar-refractivity contribution in [2.24, 2.45) is 0 Å². The van der Waals surface area contributed by atoms with Crippen LogP contribution in [-0.4, -0.2) is 40.1 Å². The summed E-state index contributed by atoms with van der Waals surface area (Å²) in [7, 11) is 0. The number of aliphatic hydroxyl groups is 1. The summed E-state index contributed by atoms with van der Waals surface area (Å²) >= 11 is 3.31. The Hall–Kier alpha value is -0.810. The maximum atomic E-state index is 12.1. The molecule has 16 heavy (non-hydrogen) atoms. The van der Waals surface area contributed by atoms with Crippen LogP contribution in [0.2, 0.25) is 0 Å². The van der Waals surface area contributed by atoms with Crippen LogP contribution in [0.15, 0.2) is 16.7 Å². The van der Waals surface area contributed by atoms with E-state index in [0.29, 0.717) is 18.3 Å². The molecule has 1 aliphatic carbocycles. The first kappa shape index (κ1) is 11.7. The Bertz CT molecular complexity index is 374. The highest BCUT2D eigenvalue weighted by Gasteiger charge is 2.29. The summed E-state index contributed by atoms with van der Waals surface area (Å²) in [4.78, 5) is 16.8. The number of aromatic nitrogens is 1. The molecule has 1 aromatic heterocycles. The Labute approximate surface area is 103 Å². The van der Waals surface area contributed by atoms with Gasteiger partial charge in [-0.15, -0.1) is 0 Å². The summed E-state index contributed by atoms with van der Waals surface area (Å²) in [5, 5.41) is 8.99. The molecule has 4 nitrogen and oxygen atoms in total. The van der Waals surface area contributed by atoms with Crippen LogP contribution in [0, 0.1) is 0 Å². The van der Waals surface area contributed by atoms with Crippen molar-refractivity contribution in [3.63, 3.8) is 0 Å². The highest BCUT2D eigenvalue weighted by atomic mass is 79.9. The topological polar surface area (TPSA) is 56.3 Å². The van der Waals surface area contributed by atoms with E-state index in [9.17, 15) is 4.79 Å². The number of carbonyl (C=O) groups excluding carboxylic acids is 1. The Balaban J connectivity index is 2.09. The molecule has 1 fully saturated rings. The van der Waals surface area contributed by atoms with Gasteiger partial charge in [0.1, 0.15) is 5.69 Å². The zero-order valence-corrected chi connectivity index (χ0v) is 10.5. The number of rotatable bonds is 4. The van der Waals surface area contributed by atoms with Gasteiger partial charge < -0.3 is 15.0 Å². The number of hydrogen-bond acceptors (Lipinski definition) is 2. The smallest absolute Gasteiger partial charge is 0.270 e. The van der Waals surface area contributed by atoms with E-state index in [2.05, 4.69) is 20.9 Å². The highest BCUT2D eigenvalue weighted by molar-refractivity contribution is 9.10. The van der Waals surface area contributed by atoms with Gasteiger partial charge in [0.25, 0.3) is 5.91 Å². The number of aromatic amines is 1. The Kier molecular flexibility index (Phi) is 3.66. The molecule has 1 aliphatic rings. The first-order valence-electron chi connectivity index (χ1n) is 5.48. The van der Waals surface area contributed by atoms with Crippen LogP contribution in [-0.2, 0) is 0 Å². The molecule has 1 aromatic rings. The third kappa shape index (κ3) is 2.30. The van der Waals surface area contributed by atoms with Crippen LogP contribution in [0.25, 0.3) is 0 Å². The molecule has 88 valence electrons. The van der Waals surface area contributed by atoms with E-state index in [0.717, 1.165) is 17.3 Å². The van der Waals surface area contributed by atoms with Crippen molar-refractivity contribution in [3.05, 3.63) is 22.4 Å². The number of nitrogens with zero attached hydrogens (tertiary/aromatic N) is 1. The molecule has 0 saturated heterocycles. The monoisotopic (exact) mass is 286 g/mol. The van der Waals surface area contributed by atoms with Crippen molar-refractivity contribution >= 4 is 21.8 Å². The third-order valence-corrected chi connectivity index (χ3v) is 3.45. The molecule has 0 unspecified atom stereocenters. The van der Waals surface area contributed by atoms with Gasteiger partial charge in [0.05, 0.1) is 6.61 Å². The van der Waals surface area contributed by atoms with Crippen LogP contribution in [0.3, 0.4) is 0 Å². The molecule has 2 rings (SSSR count). The van der Waals surface area contributed by atoms with Gasteiger partial charge in [-0.1, -0.05) is 0 Å². The van der Waals surface area contributed by atoms with Gasteiger partial charge in [0.15, 0.2) is 0 Å². The Morgan fingerprint density at radius 2 is 2.38 bits per heavy atom. The number of amides is 1. The van der Waals surface area contributed by atoms with Crippen LogP contribution < -0.4 is 0 Å². The van der Waals surface area contributed by atoms with E-state index < -0.39 is 0 Å². The molecule has 1 amide bonds. The van der Waals surface area contributed by atoms with Crippen molar-refractivity contribution in [1.29, 1.82) is 0 Å². The molecular weight excluding hydrogens is 272 g/mol. The lowest BCUT2D eigenvalue weighted by Crippen LogP contribution is -2.45. The highest BCUT2D eigenvalue weighted by Crippen LogP contribution is 2.26. The van der Waals surface area contributed by atoms with E-state index >= 15 is 0 Å². The lowest BCUT2D eigenvalue weighted by Gasteiger charge is -2.37. The third-order valence-electron chi connectivity index (χ3n) is 3.00. The summed E-state index contributed by atoms with van der Waals surface area (Å²) in [5.74, 6) is -0.0237. The average molecular weight is 287 g/mol. The van der Waals surface area contributed by atoms with Crippen molar-refractivity contribution < 1.29 is 9.90 Å². The van der Waals surface area contributed by atoms with Crippen molar-refractivity contribution in [3.8, 4) is 0 Å². The molecule has 0 aromatic carbocycles. The second kappa shape index (κ2) is 5.01. The molecular formula is C11H15BrN2O2. The van der Waals surface area contributed by atoms with Crippen LogP contribution in [0.4, 0.5) is 0 Å². The lowest BCUT2D eigenvalue weighted by atomic mass is 9.91. The molecule has 2 N–H and O–H groups in total. The Morgan fingerprint density at radius 1 is 1.62 bits per heavy atom. The molecule has 0 radical (unpaired) electrons. The minimum Gasteiger partial charge on any atom is -0.395 e. The molecule has 1 saturated carbocycles. The molecule has 0 spiro atoms. The lowest BCUT2D eigenvalue weighted by molar-refractivity contribution is 0.0520. The van der Waals surface area contributed by atoms with Gasteiger partial charge in [-0.05, 0) is 41.3 Å². The SMILES string of the molecule is O=C(c1cc(Br)c[nH]1)N(CCO)C1CCC1. The van der Waals surface area contributed by atoms with Gasteiger partial charge in [-0.2, -0.15) is 0 Å². The van der Waals surface area contributed by atoms with Crippen molar-refractivity contribution in [2.75, 3.05) is 13.2 Å². The first-order valence-corrected chi connectivity index (χ1v) is 6.27. The first-order chi connectivity index (χ1) is 7.72. The second-order valence-electron chi connectivity index (χ2n) is 4.04. The summed E-state index contributed by atoms with van der Waals surface area (Å²) in [6.07, 6.45) is 5.01. The number of carbonyl (C=O) groups is 1. The predicted molar refractivity (Wildman–Crippen MR) is 64.3 cm³/mol. The summed E-state index contributed by atoms with van der Waals surface area (Å²) in [6.45, 7) is 0.435. The van der Waals surface area contributed by atoms with E-state index in [-0.39, 0.29) is 12.5 Å². The van der Waals surface area contributed by atoms with Gasteiger partial charge in [0.2, 0.25) is 0 Å². The van der Waals surface area contributed by atoms with E-state index in [1.54, 1.807) is 17.2 Å². The fourth-order valence-electron chi connectivity index (χ4n) is 1.90. The Morgan fingerprint density at radius 3 is 2.81 bits per heavy atom. The zero-order chi connectivity index (χ0) is 11.5. The fraction of sp³-hybridized carbons (Fsp3) is 0.545. The number of H-pyrrole nitrogens is 1. The van der Waals surface area contributed by atoms with Gasteiger partial charge in [-0.3, -0.25) is 4.79 Å². The van der Waals surface area contributed by atoms with Crippen LogP contribution in [0.5, 0.6) is 0 Å². The zero-order valence-electron chi connectivity index (χ0n) is 8.95. The van der Waals surface area contributed by atoms with Gasteiger partial charge >= 0.3 is 0 Å². The number of nitrogens with one attached hydrogen (secondary N) is 1. The minimum absolute atomic E-state index is 0.0180. The van der Waals surface area contributed by atoms with E-state index in [4.69, 9.17) is 5.11 Å². The van der Waals surface area contributed by atoms with Gasteiger partial charge in [0, 0.05) is 23.3 Å². The average Bonchev–Trinajstić information content (AvgIpc) is 2.60. The maximum Gasteiger partial charge on any atom is 0.270 e. The predicted octanol–water partition coefficient (Wildman–Crippen LogP) is 1.76. The second-order valence-corrected chi connectivity index (χ2v) is 4.95. The maximum absolute atomic E-state index is 12.1. The van der Waals surface area contributed by atoms with Crippen LogP contribution >= 0.6 is 15.9 Å². The fourth-order valence-corrected chi connectivity index (χ4v) is 2.25. The summed E-state index contributed by atoms with van der Waals surface area (Å²) in [6, 6.07) is 2.08. The molecule has 1 heterocycles. The van der Waals surface area contributed by atoms with Crippen molar-refractivity contribution in [1.82, 2.24) is 9.88 Å². The molecule has 0 atom stereocenters. The number of halogens is 1. The molecule has 0 aliphatic heterocycles.